The van der Waals surface area contributed by atoms with Gasteiger partial charge in [-0.3, -0.25) is 4.79 Å². The van der Waals surface area contributed by atoms with Crippen LogP contribution in [0.1, 0.15) is 34.9 Å². The van der Waals surface area contributed by atoms with Gasteiger partial charge < -0.3 is 19.1 Å². The predicted molar refractivity (Wildman–Crippen MR) is 105 cm³/mol. The molecule has 2 aliphatic rings. The number of hydrogen-bond donors (Lipinski definition) is 0. The molecule has 1 aliphatic heterocycles. The van der Waals surface area contributed by atoms with Crippen LogP contribution in [0.3, 0.4) is 0 Å². The number of amides is 1. The van der Waals surface area contributed by atoms with Crippen LogP contribution in [-0.4, -0.2) is 44.8 Å². The minimum atomic E-state index is -0.106. The Balaban J connectivity index is 1.64. The molecule has 2 heterocycles. The number of methoxy groups -OCH3 is 2. The Morgan fingerprint density at radius 2 is 2.00 bits per heavy atom. The summed E-state index contributed by atoms with van der Waals surface area (Å²) in [5, 5.41) is 2.05. The first-order chi connectivity index (χ1) is 13.2. The van der Waals surface area contributed by atoms with Crippen LogP contribution in [0.5, 0.6) is 11.5 Å². The Morgan fingerprint density at radius 3 is 2.67 bits per heavy atom. The molecule has 1 fully saturated rings. The first-order valence-electron chi connectivity index (χ1n) is 9.36. The monoisotopic (exact) mass is 387 g/mol. The van der Waals surface area contributed by atoms with Crippen LogP contribution in [0.25, 0.3) is 0 Å². The van der Waals surface area contributed by atoms with Gasteiger partial charge in [-0.05, 0) is 59.9 Å². The third-order valence-electron chi connectivity index (χ3n) is 5.28. The van der Waals surface area contributed by atoms with Crippen LogP contribution in [0.2, 0.25) is 0 Å². The summed E-state index contributed by atoms with van der Waals surface area (Å²) in [4.78, 5) is 16.0. The van der Waals surface area contributed by atoms with Crippen LogP contribution in [0.4, 0.5) is 0 Å². The number of hydrogen-bond acceptors (Lipinski definition) is 5. The van der Waals surface area contributed by atoms with E-state index in [0.29, 0.717) is 24.8 Å². The average Bonchev–Trinajstić information content (AvgIpc) is 3.36. The maximum Gasteiger partial charge on any atom is 0.249 e. The van der Waals surface area contributed by atoms with Gasteiger partial charge in [0.05, 0.1) is 26.9 Å². The molecule has 0 N–H and O–H groups in total. The molecule has 2 aromatic rings. The van der Waals surface area contributed by atoms with E-state index in [1.54, 1.807) is 25.6 Å². The molecule has 144 valence electrons. The zero-order valence-corrected chi connectivity index (χ0v) is 16.6. The van der Waals surface area contributed by atoms with Crippen molar-refractivity contribution in [2.24, 2.45) is 5.92 Å². The van der Waals surface area contributed by atoms with Crippen LogP contribution in [-0.2, 0) is 16.0 Å². The molecule has 1 aromatic heterocycles. The molecule has 27 heavy (non-hydrogen) atoms. The molecule has 0 saturated heterocycles. The molecule has 0 bridgehead atoms. The fraction of sp³-hybridized carbons (Fsp3) is 0.476. The first-order valence-corrected chi connectivity index (χ1v) is 10.2. The molecule has 0 spiro atoms. The maximum absolute atomic E-state index is 12.9. The van der Waals surface area contributed by atoms with Gasteiger partial charge in [0.25, 0.3) is 0 Å². The summed E-state index contributed by atoms with van der Waals surface area (Å²) in [7, 11) is 3.29. The second-order valence-electron chi connectivity index (χ2n) is 7.12. The van der Waals surface area contributed by atoms with Crippen molar-refractivity contribution in [2.45, 2.75) is 25.3 Å². The van der Waals surface area contributed by atoms with Crippen molar-refractivity contribution >= 4 is 17.2 Å². The summed E-state index contributed by atoms with van der Waals surface area (Å²) < 4.78 is 16.6. The lowest BCUT2D eigenvalue weighted by Crippen LogP contribution is -2.42. The molecule has 1 atom stereocenters. The maximum atomic E-state index is 12.9. The van der Waals surface area contributed by atoms with Gasteiger partial charge in [0, 0.05) is 11.4 Å². The van der Waals surface area contributed by atoms with E-state index in [2.05, 4.69) is 11.4 Å². The summed E-state index contributed by atoms with van der Waals surface area (Å²) in [6, 6.07) is 8.07. The SMILES string of the molecule is COc1cc2c(cc1OC)C(c1cccs1)N(C(=O)COCC1CC1)CC2. The van der Waals surface area contributed by atoms with Gasteiger partial charge in [0.1, 0.15) is 6.61 Å². The van der Waals surface area contributed by atoms with E-state index >= 15 is 0 Å². The normalized spacial score (nSPS) is 18.9. The van der Waals surface area contributed by atoms with Crippen molar-refractivity contribution in [3.05, 3.63) is 45.6 Å². The Bertz CT molecular complexity index is 801. The van der Waals surface area contributed by atoms with Crippen LogP contribution < -0.4 is 9.47 Å². The summed E-state index contributed by atoms with van der Waals surface area (Å²) in [5.41, 5.74) is 2.31. The number of ether oxygens (including phenoxy) is 3. The molecule has 1 aromatic carbocycles. The Labute approximate surface area is 163 Å². The number of nitrogens with zero attached hydrogens (tertiary/aromatic N) is 1. The average molecular weight is 388 g/mol. The van der Waals surface area contributed by atoms with Crippen molar-refractivity contribution < 1.29 is 19.0 Å². The smallest absolute Gasteiger partial charge is 0.249 e. The summed E-state index contributed by atoms with van der Waals surface area (Å²) in [5.74, 6) is 2.13. The molecule has 1 unspecified atom stereocenters. The van der Waals surface area contributed by atoms with Gasteiger partial charge in [-0.1, -0.05) is 6.07 Å². The summed E-state index contributed by atoms with van der Waals surface area (Å²) >= 11 is 1.67. The Morgan fingerprint density at radius 1 is 1.22 bits per heavy atom. The lowest BCUT2D eigenvalue weighted by molar-refractivity contribution is -0.138. The van der Waals surface area contributed by atoms with E-state index < -0.39 is 0 Å². The standard InChI is InChI=1S/C21H25NO4S/c1-24-17-10-15-7-8-22(20(23)13-26-12-14-5-6-14)21(19-4-3-9-27-19)16(15)11-18(17)25-2/h3-4,9-11,14,21H,5-8,12-13H2,1-2H3. The van der Waals surface area contributed by atoms with Crippen molar-refractivity contribution in [2.75, 3.05) is 34.0 Å². The second kappa shape index (κ2) is 7.90. The van der Waals surface area contributed by atoms with E-state index in [-0.39, 0.29) is 18.6 Å². The highest BCUT2D eigenvalue weighted by molar-refractivity contribution is 7.10. The van der Waals surface area contributed by atoms with E-state index in [9.17, 15) is 4.79 Å². The third-order valence-corrected chi connectivity index (χ3v) is 6.21. The highest BCUT2D eigenvalue weighted by Gasteiger charge is 2.34. The number of carbonyl (C=O) groups excluding carboxylic acids is 1. The highest BCUT2D eigenvalue weighted by atomic mass is 32.1. The molecule has 5 nitrogen and oxygen atoms in total. The zero-order chi connectivity index (χ0) is 18.8. The second-order valence-corrected chi connectivity index (χ2v) is 8.10. The Hall–Kier alpha value is -2.05. The number of benzene rings is 1. The molecule has 1 amide bonds. The molecule has 6 heteroatoms. The largest absolute Gasteiger partial charge is 0.493 e. The van der Waals surface area contributed by atoms with Crippen LogP contribution >= 0.6 is 11.3 Å². The van der Waals surface area contributed by atoms with Crippen LogP contribution in [0.15, 0.2) is 29.6 Å². The first kappa shape index (κ1) is 18.3. The van der Waals surface area contributed by atoms with Crippen molar-refractivity contribution in [3.8, 4) is 11.5 Å². The molecular formula is C21H25NO4S. The third kappa shape index (κ3) is 3.82. The van der Waals surface area contributed by atoms with E-state index in [1.165, 1.54) is 18.4 Å². The minimum Gasteiger partial charge on any atom is -0.493 e. The summed E-state index contributed by atoms with van der Waals surface area (Å²) in [6.07, 6.45) is 3.25. The predicted octanol–water partition coefficient (Wildman–Crippen LogP) is 3.67. The molecule has 4 rings (SSSR count). The molecule has 0 radical (unpaired) electrons. The number of rotatable bonds is 7. The number of thiophene rings is 1. The van der Waals surface area contributed by atoms with Gasteiger partial charge >= 0.3 is 0 Å². The topological polar surface area (TPSA) is 48.0 Å². The van der Waals surface area contributed by atoms with Gasteiger partial charge in [0.2, 0.25) is 5.91 Å². The van der Waals surface area contributed by atoms with Crippen LogP contribution in [0, 0.1) is 5.92 Å². The van der Waals surface area contributed by atoms with Gasteiger partial charge in [0.15, 0.2) is 11.5 Å². The minimum absolute atomic E-state index is 0.0504. The van der Waals surface area contributed by atoms with Gasteiger partial charge in [-0.25, -0.2) is 0 Å². The van der Waals surface area contributed by atoms with E-state index in [4.69, 9.17) is 14.2 Å². The van der Waals surface area contributed by atoms with Crippen molar-refractivity contribution in [1.29, 1.82) is 0 Å². The zero-order valence-electron chi connectivity index (χ0n) is 15.8. The fourth-order valence-corrected chi connectivity index (χ4v) is 4.50. The van der Waals surface area contributed by atoms with E-state index in [0.717, 1.165) is 22.6 Å². The lowest BCUT2D eigenvalue weighted by atomic mass is 9.90. The van der Waals surface area contributed by atoms with E-state index in [1.807, 2.05) is 23.1 Å². The highest BCUT2D eigenvalue weighted by Crippen LogP contribution is 2.42. The quantitative estimate of drug-likeness (QED) is 0.727. The molecule has 1 saturated carbocycles. The molecule has 1 aliphatic carbocycles. The van der Waals surface area contributed by atoms with Crippen molar-refractivity contribution in [1.82, 2.24) is 4.90 Å². The number of carbonyl (C=O) groups is 1. The molecular weight excluding hydrogens is 362 g/mol. The van der Waals surface area contributed by atoms with Gasteiger partial charge in [-0.2, -0.15) is 0 Å². The Kier molecular flexibility index (Phi) is 5.36. The summed E-state index contributed by atoms with van der Waals surface area (Å²) in [6.45, 7) is 1.53. The van der Waals surface area contributed by atoms with Crippen molar-refractivity contribution in [3.63, 3.8) is 0 Å². The fourth-order valence-electron chi connectivity index (χ4n) is 3.65. The number of fused-ring (bicyclic) bond motifs is 1. The van der Waals surface area contributed by atoms with Gasteiger partial charge in [-0.15, -0.1) is 11.3 Å². The lowest BCUT2D eigenvalue weighted by Gasteiger charge is -2.37.